The van der Waals surface area contributed by atoms with Crippen molar-refractivity contribution in [2.75, 3.05) is 11.3 Å². The van der Waals surface area contributed by atoms with E-state index in [1.54, 1.807) is 18.2 Å². The number of nitrogens with one attached hydrogen (secondary N) is 1. The first-order chi connectivity index (χ1) is 14.4. The van der Waals surface area contributed by atoms with Gasteiger partial charge in [-0.1, -0.05) is 52.3 Å². The molecule has 2 aromatic carbocycles. The lowest BCUT2D eigenvalue weighted by Crippen LogP contribution is -2.37. The maximum Gasteiger partial charge on any atom is 0.263 e. The number of hydrogen-bond donors (Lipinski definition) is 1. The van der Waals surface area contributed by atoms with Crippen LogP contribution < -0.4 is 4.72 Å². The summed E-state index contributed by atoms with van der Waals surface area (Å²) >= 11 is 4.49. The molecule has 1 N–H and O–H groups in total. The molecule has 0 saturated carbocycles. The Morgan fingerprint density at radius 1 is 1.23 bits per heavy atom. The minimum Gasteiger partial charge on any atom is -0.292 e. The Morgan fingerprint density at radius 3 is 2.73 bits per heavy atom. The minimum absolute atomic E-state index is 0.00988. The van der Waals surface area contributed by atoms with Crippen molar-refractivity contribution in [1.82, 2.24) is 14.3 Å². The van der Waals surface area contributed by atoms with Crippen LogP contribution in [0.2, 0.25) is 0 Å². The number of nitrogens with zero attached hydrogens (tertiary/aromatic N) is 3. The summed E-state index contributed by atoms with van der Waals surface area (Å²) in [6, 6.07) is 14.9. The van der Waals surface area contributed by atoms with Crippen molar-refractivity contribution in [3.8, 4) is 0 Å². The van der Waals surface area contributed by atoms with E-state index in [1.807, 2.05) is 30.3 Å². The number of alkyl halides is 1. The molecule has 1 aromatic heterocycles. The van der Waals surface area contributed by atoms with Crippen LogP contribution in [0.25, 0.3) is 0 Å². The smallest absolute Gasteiger partial charge is 0.263 e. The van der Waals surface area contributed by atoms with Gasteiger partial charge in [-0.3, -0.25) is 9.62 Å². The van der Waals surface area contributed by atoms with Crippen molar-refractivity contribution in [1.29, 1.82) is 0 Å². The first-order valence-electron chi connectivity index (χ1n) is 9.43. The van der Waals surface area contributed by atoms with Gasteiger partial charge in [0.05, 0.1) is 4.90 Å². The number of likely N-dealkylation sites (tertiary alicyclic amines) is 1. The molecule has 0 spiro atoms. The molecule has 10 heteroatoms. The van der Waals surface area contributed by atoms with Gasteiger partial charge in [0.25, 0.3) is 10.0 Å². The summed E-state index contributed by atoms with van der Waals surface area (Å²) in [5, 5.41) is 0.218. The molecule has 1 aliphatic heterocycles. The van der Waals surface area contributed by atoms with Crippen LogP contribution in [0.4, 0.5) is 9.52 Å². The number of sulfonamides is 1. The van der Waals surface area contributed by atoms with Gasteiger partial charge in [-0.05, 0) is 36.1 Å². The molecule has 4 rings (SSSR count). The first-order valence-corrected chi connectivity index (χ1v) is 12.5. The molecule has 0 bridgehead atoms. The number of anilines is 1. The van der Waals surface area contributed by atoms with E-state index in [9.17, 15) is 12.8 Å². The second kappa shape index (κ2) is 9.09. The Bertz CT molecular complexity index is 1100. The zero-order chi connectivity index (χ0) is 21.1. The predicted octanol–water partition coefficient (Wildman–Crippen LogP) is 4.78. The molecule has 1 unspecified atom stereocenters. The standard InChI is InChI=1S/C20H20BrFN4O2S2/c21-18-11-17(30(27,28)25-20-23-13-24-29-20)7-6-15(18)12-26-9-8-16(22)10-19(26)14-4-2-1-3-5-14/h1-7,11,13,16,19H,8-10,12H2,(H,23,24,25)/t16?,19-/m0/s1. The van der Waals surface area contributed by atoms with Crippen LogP contribution >= 0.6 is 27.5 Å². The lowest BCUT2D eigenvalue weighted by Gasteiger charge is -2.37. The molecule has 1 saturated heterocycles. The summed E-state index contributed by atoms with van der Waals surface area (Å²) in [5.74, 6) is 0. The summed E-state index contributed by atoms with van der Waals surface area (Å²) in [6.07, 6.45) is 1.44. The largest absolute Gasteiger partial charge is 0.292 e. The molecule has 1 aliphatic rings. The maximum atomic E-state index is 14.1. The van der Waals surface area contributed by atoms with Crippen LogP contribution in [0.15, 0.2) is 64.2 Å². The monoisotopic (exact) mass is 510 g/mol. The highest BCUT2D eigenvalue weighted by Crippen LogP contribution is 2.35. The molecule has 0 amide bonds. The second-order valence-electron chi connectivity index (χ2n) is 7.12. The van der Waals surface area contributed by atoms with Gasteiger partial charge < -0.3 is 0 Å². The Hall–Kier alpha value is -1.88. The van der Waals surface area contributed by atoms with Gasteiger partial charge in [0, 0.05) is 35.1 Å². The van der Waals surface area contributed by atoms with Gasteiger partial charge in [0.2, 0.25) is 5.13 Å². The van der Waals surface area contributed by atoms with Crippen molar-refractivity contribution in [3.63, 3.8) is 0 Å². The van der Waals surface area contributed by atoms with Gasteiger partial charge in [-0.25, -0.2) is 17.8 Å². The van der Waals surface area contributed by atoms with E-state index < -0.39 is 16.2 Å². The quantitative estimate of drug-likeness (QED) is 0.516. The third-order valence-electron chi connectivity index (χ3n) is 5.12. The van der Waals surface area contributed by atoms with Gasteiger partial charge in [-0.2, -0.15) is 4.37 Å². The van der Waals surface area contributed by atoms with E-state index in [0.29, 0.717) is 30.4 Å². The van der Waals surface area contributed by atoms with Crippen molar-refractivity contribution in [3.05, 3.63) is 70.5 Å². The first kappa shape index (κ1) is 21.4. The van der Waals surface area contributed by atoms with Crippen molar-refractivity contribution >= 4 is 42.6 Å². The molecule has 0 aliphatic carbocycles. The summed E-state index contributed by atoms with van der Waals surface area (Å²) in [7, 11) is -3.75. The van der Waals surface area contributed by atoms with E-state index in [2.05, 4.69) is 34.9 Å². The van der Waals surface area contributed by atoms with Gasteiger partial charge in [-0.15, -0.1) is 0 Å². The van der Waals surface area contributed by atoms with Crippen LogP contribution in [0, 0.1) is 0 Å². The Kier molecular flexibility index (Phi) is 6.47. The molecule has 0 radical (unpaired) electrons. The van der Waals surface area contributed by atoms with Crippen LogP contribution in [0.1, 0.15) is 30.0 Å². The van der Waals surface area contributed by atoms with E-state index in [0.717, 1.165) is 22.7 Å². The van der Waals surface area contributed by atoms with Gasteiger partial charge >= 0.3 is 0 Å². The third kappa shape index (κ3) is 4.88. The Balaban J connectivity index is 1.54. The molecule has 158 valence electrons. The number of aromatic nitrogens is 2. The predicted molar refractivity (Wildman–Crippen MR) is 119 cm³/mol. The fourth-order valence-electron chi connectivity index (χ4n) is 3.62. The molecule has 6 nitrogen and oxygen atoms in total. The highest BCUT2D eigenvalue weighted by Gasteiger charge is 2.30. The Morgan fingerprint density at radius 2 is 2.03 bits per heavy atom. The van der Waals surface area contributed by atoms with E-state index in [4.69, 9.17) is 0 Å². The summed E-state index contributed by atoms with van der Waals surface area (Å²) in [6.45, 7) is 1.24. The molecular weight excluding hydrogens is 491 g/mol. The normalized spacial score (nSPS) is 20.2. The highest BCUT2D eigenvalue weighted by atomic mass is 79.9. The summed E-state index contributed by atoms with van der Waals surface area (Å²) in [4.78, 5) is 6.24. The maximum absolute atomic E-state index is 14.1. The fraction of sp³-hybridized carbons (Fsp3) is 0.300. The lowest BCUT2D eigenvalue weighted by molar-refractivity contribution is 0.0834. The third-order valence-corrected chi connectivity index (χ3v) is 7.91. The number of piperidine rings is 1. The molecule has 1 fully saturated rings. The van der Waals surface area contributed by atoms with Gasteiger partial charge in [0.1, 0.15) is 12.5 Å². The second-order valence-corrected chi connectivity index (χ2v) is 10.4. The summed E-state index contributed by atoms with van der Waals surface area (Å²) in [5.41, 5.74) is 2.04. The zero-order valence-electron chi connectivity index (χ0n) is 15.9. The molecule has 30 heavy (non-hydrogen) atoms. The molecule has 2 heterocycles. The lowest BCUT2D eigenvalue weighted by atomic mass is 9.93. The molecular formula is C20H20BrFN4O2S2. The van der Waals surface area contributed by atoms with Crippen LogP contribution in [-0.4, -0.2) is 35.4 Å². The van der Waals surface area contributed by atoms with Crippen molar-refractivity contribution in [2.45, 2.75) is 36.5 Å². The van der Waals surface area contributed by atoms with Crippen LogP contribution in [0.5, 0.6) is 0 Å². The average molecular weight is 511 g/mol. The topological polar surface area (TPSA) is 75.2 Å². The number of hydrogen-bond acceptors (Lipinski definition) is 6. The fourth-order valence-corrected chi connectivity index (χ4v) is 5.96. The minimum atomic E-state index is -3.75. The van der Waals surface area contributed by atoms with Crippen molar-refractivity contribution < 1.29 is 12.8 Å². The van der Waals surface area contributed by atoms with Crippen LogP contribution in [0.3, 0.4) is 0 Å². The molecule has 3 aromatic rings. The number of rotatable bonds is 6. The van der Waals surface area contributed by atoms with E-state index in [1.165, 1.54) is 6.33 Å². The zero-order valence-corrected chi connectivity index (χ0v) is 19.1. The van der Waals surface area contributed by atoms with E-state index >= 15 is 0 Å². The highest BCUT2D eigenvalue weighted by molar-refractivity contribution is 9.10. The van der Waals surface area contributed by atoms with E-state index in [-0.39, 0.29) is 16.1 Å². The van der Waals surface area contributed by atoms with Gasteiger partial charge in [0.15, 0.2) is 0 Å². The summed E-state index contributed by atoms with van der Waals surface area (Å²) < 4.78 is 46.2. The molecule has 2 atom stereocenters. The average Bonchev–Trinajstić information content (AvgIpc) is 3.23. The van der Waals surface area contributed by atoms with Crippen molar-refractivity contribution in [2.24, 2.45) is 0 Å². The number of benzene rings is 2. The SMILES string of the molecule is O=S(=O)(Nc1ncns1)c1ccc(CN2CCC(F)C[C@H]2c2ccccc2)c(Br)c1. The van der Waals surface area contributed by atoms with Crippen LogP contribution in [-0.2, 0) is 16.6 Å². The Labute approximate surface area is 187 Å². The number of halogens is 2.